The zero-order chi connectivity index (χ0) is 19.2. The van der Waals surface area contributed by atoms with Crippen LogP contribution >= 0.6 is 0 Å². The van der Waals surface area contributed by atoms with Gasteiger partial charge in [-0.25, -0.2) is 18.7 Å². The number of pyridine rings is 1. The molecule has 0 aliphatic rings. The van der Waals surface area contributed by atoms with Crippen molar-refractivity contribution in [2.45, 2.75) is 6.42 Å². The Morgan fingerprint density at radius 1 is 1.11 bits per heavy atom. The molecule has 138 valence electrons. The van der Waals surface area contributed by atoms with Crippen LogP contribution in [0.4, 0.5) is 20.3 Å². The normalized spacial score (nSPS) is 10.5. The Labute approximate surface area is 154 Å². The van der Waals surface area contributed by atoms with Crippen molar-refractivity contribution < 1.29 is 13.6 Å². The average molecular weight is 369 g/mol. The van der Waals surface area contributed by atoms with Gasteiger partial charge in [0.2, 0.25) is 0 Å². The Hall–Kier alpha value is -3.42. The molecule has 0 spiro atoms. The van der Waals surface area contributed by atoms with E-state index in [9.17, 15) is 13.6 Å². The molecule has 8 heteroatoms. The van der Waals surface area contributed by atoms with E-state index in [-0.39, 0.29) is 23.1 Å². The van der Waals surface area contributed by atoms with Gasteiger partial charge in [-0.1, -0.05) is 0 Å². The van der Waals surface area contributed by atoms with Crippen LogP contribution in [-0.2, 0) is 6.42 Å². The molecule has 0 atom stereocenters. The zero-order valence-electron chi connectivity index (χ0n) is 14.6. The maximum absolute atomic E-state index is 13.7. The second-order valence-corrected chi connectivity index (χ2v) is 5.87. The van der Waals surface area contributed by atoms with Gasteiger partial charge in [-0.2, -0.15) is 0 Å². The van der Waals surface area contributed by atoms with Gasteiger partial charge >= 0.3 is 0 Å². The van der Waals surface area contributed by atoms with Gasteiger partial charge in [0, 0.05) is 32.1 Å². The topological polar surface area (TPSA) is 71.0 Å². The standard InChI is InChI=1S/C19H17F2N5O/c1-26(9-6-13-4-7-22-8-5-13)19(27)17-11-24-18(12-23-17)25-16-3-2-14(20)10-15(16)21/h2-5,7-8,10-12H,6,9H2,1H3,(H,24,25). The van der Waals surface area contributed by atoms with Crippen LogP contribution in [0, 0.1) is 11.6 Å². The molecule has 2 heterocycles. The first-order valence-corrected chi connectivity index (χ1v) is 8.21. The second-order valence-electron chi connectivity index (χ2n) is 5.87. The fraction of sp³-hybridized carbons (Fsp3) is 0.158. The van der Waals surface area contributed by atoms with Crippen LogP contribution in [0.25, 0.3) is 0 Å². The van der Waals surface area contributed by atoms with Gasteiger partial charge in [-0.05, 0) is 36.2 Å². The largest absolute Gasteiger partial charge is 0.340 e. The van der Waals surface area contributed by atoms with E-state index in [2.05, 4.69) is 20.3 Å². The number of benzene rings is 1. The summed E-state index contributed by atoms with van der Waals surface area (Å²) < 4.78 is 26.6. The molecule has 2 aromatic heterocycles. The van der Waals surface area contributed by atoms with Crippen molar-refractivity contribution >= 4 is 17.4 Å². The Morgan fingerprint density at radius 2 is 1.89 bits per heavy atom. The summed E-state index contributed by atoms with van der Waals surface area (Å²) in [5.74, 6) is -1.43. The molecule has 3 aromatic rings. The van der Waals surface area contributed by atoms with Crippen LogP contribution in [0.3, 0.4) is 0 Å². The fourth-order valence-electron chi connectivity index (χ4n) is 2.38. The molecular formula is C19H17F2N5O. The molecule has 0 unspecified atom stereocenters. The summed E-state index contributed by atoms with van der Waals surface area (Å²) in [6.07, 6.45) is 6.75. The van der Waals surface area contributed by atoms with Gasteiger partial charge in [-0.3, -0.25) is 9.78 Å². The van der Waals surface area contributed by atoms with E-state index in [4.69, 9.17) is 0 Å². The number of rotatable bonds is 6. The quantitative estimate of drug-likeness (QED) is 0.722. The van der Waals surface area contributed by atoms with E-state index >= 15 is 0 Å². The number of carbonyl (C=O) groups is 1. The van der Waals surface area contributed by atoms with E-state index in [0.29, 0.717) is 13.0 Å². The van der Waals surface area contributed by atoms with Gasteiger partial charge < -0.3 is 10.2 Å². The molecule has 0 bridgehead atoms. The Kier molecular flexibility index (Phi) is 5.65. The second kappa shape index (κ2) is 8.31. The van der Waals surface area contributed by atoms with Crippen LogP contribution < -0.4 is 5.32 Å². The minimum absolute atomic E-state index is 0.0687. The van der Waals surface area contributed by atoms with Gasteiger partial charge in [0.1, 0.15) is 23.1 Å². The number of likely N-dealkylation sites (N-methyl/N-ethyl adjacent to an activating group) is 1. The highest BCUT2D eigenvalue weighted by Crippen LogP contribution is 2.19. The van der Waals surface area contributed by atoms with E-state index in [0.717, 1.165) is 17.7 Å². The molecule has 27 heavy (non-hydrogen) atoms. The van der Waals surface area contributed by atoms with Crippen molar-refractivity contribution in [1.82, 2.24) is 19.9 Å². The molecular weight excluding hydrogens is 352 g/mol. The lowest BCUT2D eigenvalue weighted by atomic mass is 10.2. The first kappa shape index (κ1) is 18.4. The summed E-state index contributed by atoms with van der Waals surface area (Å²) in [5.41, 5.74) is 1.33. The molecule has 0 aliphatic heterocycles. The fourth-order valence-corrected chi connectivity index (χ4v) is 2.38. The van der Waals surface area contributed by atoms with Crippen molar-refractivity contribution in [1.29, 1.82) is 0 Å². The number of nitrogens with one attached hydrogen (secondary N) is 1. The van der Waals surface area contributed by atoms with Crippen molar-refractivity contribution in [3.63, 3.8) is 0 Å². The molecule has 1 amide bonds. The number of hydrogen-bond acceptors (Lipinski definition) is 5. The molecule has 0 aliphatic carbocycles. The maximum atomic E-state index is 13.7. The lowest BCUT2D eigenvalue weighted by Gasteiger charge is -2.16. The predicted octanol–water partition coefficient (Wildman–Crippen LogP) is 3.21. The molecule has 0 saturated heterocycles. The number of anilines is 2. The van der Waals surface area contributed by atoms with Gasteiger partial charge in [0.15, 0.2) is 0 Å². The van der Waals surface area contributed by atoms with Crippen molar-refractivity contribution in [3.05, 3.63) is 78.0 Å². The van der Waals surface area contributed by atoms with Crippen molar-refractivity contribution in [3.8, 4) is 0 Å². The van der Waals surface area contributed by atoms with Crippen molar-refractivity contribution in [2.75, 3.05) is 18.9 Å². The van der Waals surface area contributed by atoms with E-state index in [1.807, 2.05) is 12.1 Å². The molecule has 3 rings (SSSR count). The minimum atomic E-state index is -0.743. The maximum Gasteiger partial charge on any atom is 0.273 e. The Bertz CT molecular complexity index is 919. The molecule has 0 fully saturated rings. The summed E-state index contributed by atoms with van der Waals surface area (Å²) in [6, 6.07) is 6.96. The monoisotopic (exact) mass is 369 g/mol. The molecule has 1 N–H and O–H groups in total. The molecule has 1 aromatic carbocycles. The van der Waals surface area contributed by atoms with Gasteiger partial charge in [-0.15, -0.1) is 0 Å². The summed E-state index contributed by atoms with van der Waals surface area (Å²) in [7, 11) is 1.69. The third-order valence-electron chi connectivity index (χ3n) is 3.90. The highest BCUT2D eigenvalue weighted by molar-refractivity contribution is 5.91. The van der Waals surface area contributed by atoms with E-state index < -0.39 is 11.6 Å². The smallest absolute Gasteiger partial charge is 0.273 e. The van der Waals surface area contributed by atoms with Gasteiger partial charge in [0.05, 0.1) is 18.1 Å². The number of halogens is 2. The van der Waals surface area contributed by atoms with E-state index in [1.165, 1.54) is 18.5 Å². The van der Waals surface area contributed by atoms with Crippen LogP contribution in [0.1, 0.15) is 16.1 Å². The first-order chi connectivity index (χ1) is 13.0. The third-order valence-corrected chi connectivity index (χ3v) is 3.90. The van der Waals surface area contributed by atoms with E-state index in [1.54, 1.807) is 24.3 Å². The molecule has 0 saturated carbocycles. The SMILES string of the molecule is CN(CCc1ccncc1)C(=O)c1cnc(Nc2ccc(F)cc2F)cn1. The number of hydrogen-bond donors (Lipinski definition) is 1. The Morgan fingerprint density at radius 3 is 2.56 bits per heavy atom. The lowest BCUT2D eigenvalue weighted by Crippen LogP contribution is -2.29. The van der Waals surface area contributed by atoms with Crippen LogP contribution in [0.15, 0.2) is 55.1 Å². The summed E-state index contributed by atoms with van der Waals surface area (Å²) in [4.78, 5) is 26.1. The highest BCUT2D eigenvalue weighted by Gasteiger charge is 2.14. The van der Waals surface area contributed by atoms with Crippen LogP contribution in [0.2, 0.25) is 0 Å². The van der Waals surface area contributed by atoms with Crippen molar-refractivity contribution in [2.24, 2.45) is 0 Å². The number of carbonyl (C=O) groups excluding carboxylic acids is 1. The minimum Gasteiger partial charge on any atom is -0.340 e. The zero-order valence-corrected chi connectivity index (χ0v) is 14.6. The summed E-state index contributed by atoms with van der Waals surface area (Å²) in [5, 5.41) is 2.70. The highest BCUT2D eigenvalue weighted by atomic mass is 19.1. The number of amides is 1. The summed E-state index contributed by atoms with van der Waals surface area (Å²) in [6.45, 7) is 0.519. The third kappa shape index (κ3) is 4.81. The average Bonchev–Trinajstić information content (AvgIpc) is 2.69. The number of aromatic nitrogens is 3. The van der Waals surface area contributed by atoms with Gasteiger partial charge in [0.25, 0.3) is 5.91 Å². The van der Waals surface area contributed by atoms with Crippen LogP contribution in [-0.4, -0.2) is 39.4 Å². The Balaban J connectivity index is 1.61. The molecule has 0 radical (unpaired) electrons. The summed E-state index contributed by atoms with van der Waals surface area (Å²) >= 11 is 0. The molecule has 6 nitrogen and oxygen atoms in total. The lowest BCUT2D eigenvalue weighted by molar-refractivity contribution is 0.0790. The first-order valence-electron chi connectivity index (χ1n) is 8.21. The van der Waals surface area contributed by atoms with Crippen LogP contribution in [0.5, 0.6) is 0 Å². The number of nitrogens with zero attached hydrogens (tertiary/aromatic N) is 4. The predicted molar refractivity (Wildman–Crippen MR) is 96.6 cm³/mol.